The molecule has 6 nitrogen and oxygen atoms in total. The Morgan fingerprint density at radius 2 is 2.19 bits per heavy atom. The maximum Gasteiger partial charge on any atom is 0.226 e. The number of nitrogens with one attached hydrogen (secondary N) is 1. The number of piperidine rings is 1. The number of ether oxygens (including phenoxy) is 1. The molecular formula is C15H26N4O2. The van der Waals surface area contributed by atoms with Crippen LogP contribution in [0.2, 0.25) is 0 Å². The highest BCUT2D eigenvalue weighted by Gasteiger charge is 2.25. The van der Waals surface area contributed by atoms with Crippen LogP contribution in [0.3, 0.4) is 0 Å². The summed E-state index contributed by atoms with van der Waals surface area (Å²) in [4.78, 5) is 6.90. The van der Waals surface area contributed by atoms with Gasteiger partial charge in [0.25, 0.3) is 0 Å². The van der Waals surface area contributed by atoms with E-state index in [2.05, 4.69) is 27.3 Å². The molecule has 6 heteroatoms. The third-order valence-electron chi connectivity index (χ3n) is 4.59. The lowest BCUT2D eigenvalue weighted by atomic mass is 9.93. The SMILES string of the molecule is CCN1CCOC(c2noc(CCC3CCNCC3)n2)C1. The van der Waals surface area contributed by atoms with Crippen LogP contribution in [-0.2, 0) is 11.2 Å². The highest BCUT2D eigenvalue weighted by Crippen LogP contribution is 2.21. The lowest BCUT2D eigenvalue weighted by Crippen LogP contribution is -2.38. The second-order valence-corrected chi connectivity index (χ2v) is 6.03. The summed E-state index contributed by atoms with van der Waals surface area (Å²) in [5.74, 6) is 2.28. The second kappa shape index (κ2) is 7.33. The van der Waals surface area contributed by atoms with Crippen molar-refractivity contribution in [2.24, 2.45) is 5.92 Å². The van der Waals surface area contributed by atoms with E-state index in [9.17, 15) is 0 Å². The number of morpholine rings is 1. The van der Waals surface area contributed by atoms with Crippen LogP contribution in [0, 0.1) is 5.92 Å². The Morgan fingerprint density at radius 3 is 3.00 bits per heavy atom. The summed E-state index contributed by atoms with van der Waals surface area (Å²) in [7, 11) is 0. The van der Waals surface area contributed by atoms with E-state index in [-0.39, 0.29) is 6.10 Å². The van der Waals surface area contributed by atoms with Crippen LogP contribution in [0.25, 0.3) is 0 Å². The van der Waals surface area contributed by atoms with Gasteiger partial charge in [-0.05, 0) is 44.8 Å². The van der Waals surface area contributed by atoms with Crippen molar-refractivity contribution in [2.75, 3.05) is 39.3 Å². The first-order valence-electron chi connectivity index (χ1n) is 8.22. The fraction of sp³-hybridized carbons (Fsp3) is 0.867. The van der Waals surface area contributed by atoms with Gasteiger partial charge in [-0.2, -0.15) is 4.98 Å². The van der Waals surface area contributed by atoms with Crippen molar-refractivity contribution in [1.82, 2.24) is 20.4 Å². The van der Waals surface area contributed by atoms with E-state index in [0.29, 0.717) is 5.82 Å². The fourth-order valence-corrected chi connectivity index (χ4v) is 3.14. The second-order valence-electron chi connectivity index (χ2n) is 6.03. The summed E-state index contributed by atoms with van der Waals surface area (Å²) >= 11 is 0. The van der Waals surface area contributed by atoms with E-state index in [1.807, 2.05) is 0 Å². The van der Waals surface area contributed by atoms with E-state index >= 15 is 0 Å². The highest BCUT2D eigenvalue weighted by molar-refractivity contribution is 4.94. The normalized spacial score (nSPS) is 25.3. The smallest absolute Gasteiger partial charge is 0.226 e. The first-order chi connectivity index (χ1) is 10.3. The van der Waals surface area contributed by atoms with Gasteiger partial charge in [-0.25, -0.2) is 0 Å². The summed E-state index contributed by atoms with van der Waals surface area (Å²) in [5, 5.41) is 7.52. The van der Waals surface area contributed by atoms with Crippen LogP contribution in [0.1, 0.15) is 44.0 Å². The van der Waals surface area contributed by atoms with Crippen LogP contribution in [0.15, 0.2) is 4.52 Å². The number of aromatic nitrogens is 2. The molecule has 118 valence electrons. The third-order valence-corrected chi connectivity index (χ3v) is 4.59. The maximum atomic E-state index is 5.77. The molecule has 1 atom stereocenters. The van der Waals surface area contributed by atoms with Gasteiger partial charge in [0.15, 0.2) is 0 Å². The van der Waals surface area contributed by atoms with Crippen molar-refractivity contribution >= 4 is 0 Å². The van der Waals surface area contributed by atoms with E-state index in [4.69, 9.17) is 9.26 Å². The van der Waals surface area contributed by atoms with Crippen LogP contribution >= 0.6 is 0 Å². The summed E-state index contributed by atoms with van der Waals surface area (Å²) in [6.45, 7) is 8.10. The molecule has 0 aliphatic carbocycles. The Labute approximate surface area is 126 Å². The fourth-order valence-electron chi connectivity index (χ4n) is 3.14. The molecule has 3 heterocycles. The Bertz CT molecular complexity index is 431. The summed E-state index contributed by atoms with van der Waals surface area (Å²) < 4.78 is 11.2. The molecule has 0 spiro atoms. The minimum atomic E-state index is -0.0323. The largest absolute Gasteiger partial charge is 0.367 e. The van der Waals surface area contributed by atoms with Gasteiger partial charge in [0.05, 0.1) is 6.61 Å². The first kappa shape index (κ1) is 14.9. The van der Waals surface area contributed by atoms with Crippen molar-refractivity contribution < 1.29 is 9.26 Å². The predicted octanol–water partition coefficient (Wildman–Crippen LogP) is 1.39. The van der Waals surface area contributed by atoms with Crippen LogP contribution in [-0.4, -0.2) is 54.4 Å². The van der Waals surface area contributed by atoms with Crippen molar-refractivity contribution in [3.63, 3.8) is 0 Å². The highest BCUT2D eigenvalue weighted by atomic mass is 16.5. The lowest BCUT2D eigenvalue weighted by Gasteiger charge is -2.30. The van der Waals surface area contributed by atoms with Gasteiger partial charge in [-0.15, -0.1) is 0 Å². The van der Waals surface area contributed by atoms with E-state index in [1.165, 1.54) is 12.8 Å². The predicted molar refractivity (Wildman–Crippen MR) is 79.0 cm³/mol. The van der Waals surface area contributed by atoms with Gasteiger partial charge < -0.3 is 14.6 Å². The number of rotatable bonds is 5. The Balaban J connectivity index is 1.50. The van der Waals surface area contributed by atoms with Crippen LogP contribution in [0.5, 0.6) is 0 Å². The van der Waals surface area contributed by atoms with Gasteiger partial charge in [0, 0.05) is 19.5 Å². The molecule has 0 radical (unpaired) electrons. The standard InChI is InChI=1S/C15H26N4O2/c1-2-19-9-10-20-13(11-19)15-17-14(21-18-15)4-3-12-5-7-16-8-6-12/h12-13,16H,2-11H2,1H3. The minimum absolute atomic E-state index is 0.0323. The lowest BCUT2D eigenvalue weighted by molar-refractivity contribution is -0.0334. The molecule has 2 fully saturated rings. The zero-order valence-corrected chi connectivity index (χ0v) is 12.9. The van der Waals surface area contributed by atoms with Crippen molar-refractivity contribution in [3.05, 3.63) is 11.7 Å². The Morgan fingerprint density at radius 1 is 1.33 bits per heavy atom. The van der Waals surface area contributed by atoms with E-state index in [1.54, 1.807) is 0 Å². The summed E-state index contributed by atoms with van der Waals surface area (Å²) in [5.41, 5.74) is 0. The van der Waals surface area contributed by atoms with Crippen LogP contribution < -0.4 is 5.32 Å². The molecule has 0 aromatic carbocycles. The summed E-state index contributed by atoms with van der Waals surface area (Å²) in [6.07, 6.45) is 4.53. The first-order valence-corrected chi connectivity index (χ1v) is 8.22. The molecule has 2 saturated heterocycles. The van der Waals surface area contributed by atoms with E-state index < -0.39 is 0 Å². The molecule has 2 aliphatic rings. The monoisotopic (exact) mass is 294 g/mol. The zero-order valence-electron chi connectivity index (χ0n) is 12.9. The molecule has 1 unspecified atom stereocenters. The number of nitrogens with zero attached hydrogens (tertiary/aromatic N) is 3. The van der Waals surface area contributed by atoms with E-state index in [0.717, 1.165) is 64.0 Å². The quantitative estimate of drug-likeness (QED) is 0.885. The van der Waals surface area contributed by atoms with Gasteiger partial charge in [-0.1, -0.05) is 12.1 Å². The van der Waals surface area contributed by atoms with Gasteiger partial charge in [0.2, 0.25) is 11.7 Å². The Kier molecular flexibility index (Phi) is 5.22. The molecule has 3 rings (SSSR count). The van der Waals surface area contributed by atoms with Gasteiger partial charge in [0.1, 0.15) is 6.10 Å². The number of likely N-dealkylation sites (N-methyl/N-ethyl adjacent to an activating group) is 1. The van der Waals surface area contributed by atoms with Crippen molar-refractivity contribution in [1.29, 1.82) is 0 Å². The van der Waals surface area contributed by atoms with Crippen molar-refractivity contribution in [3.8, 4) is 0 Å². The molecule has 1 aromatic heterocycles. The molecular weight excluding hydrogens is 268 g/mol. The topological polar surface area (TPSA) is 63.4 Å². The molecule has 0 saturated carbocycles. The molecule has 1 N–H and O–H groups in total. The minimum Gasteiger partial charge on any atom is -0.367 e. The van der Waals surface area contributed by atoms with Gasteiger partial charge in [-0.3, -0.25) is 4.90 Å². The summed E-state index contributed by atoms with van der Waals surface area (Å²) in [6, 6.07) is 0. The zero-order chi connectivity index (χ0) is 14.5. The molecule has 2 aliphatic heterocycles. The maximum absolute atomic E-state index is 5.77. The molecule has 0 amide bonds. The van der Waals surface area contributed by atoms with Crippen LogP contribution in [0.4, 0.5) is 0 Å². The Hall–Kier alpha value is -0.980. The van der Waals surface area contributed by atoms with Crippen molar-refractivity contribution in [2.45, 2.75) is 38.7 Å². The number of hydrogen-bond acceptors (Lipinski definition) is 6. The molecule has 0 bridgehead atoms. The average molecular weight is 294 g/mol. The molecule has 1 aromatic rings. The number of aryl methyl sites for hydroxylation is 1. The average Bonchev–Trinajstić information content (AvgIpc) is 3.03. The molecule has 21 heavy (non-hydrogen) atoms. The van der Waals surface area contributed by atoms with Gasteiger partial charge >= 0.3 is 0 Å². The third kappa shape index (κ3) is 4.02. The number of hydrogen-bond donors (Lipinski definition) is 1.